The molecule has 1 aromatic carbocycles. The summed E-state index contributed by atoms with van der Waals surface area (Å²) in [5.74, 6) is 1.25. The van der Waals surface area contributed by atoms with Gasteiger partial charge in [0.25, 0.3) is 0 Å². The Morgan fingerprint density at radius 3 is 2.88 bits per heavy atom. The maximum Gasteiger partial charge on any atom is 0.244 e. The van der Waals surface area contributed by atoms with E-state index in [1.165, 1.54) is 12.1 Å². The number of aromatic amines is 1. The molecule has 5 nitrogen and oxygen atoms in total. The van der Waals surface area contributed by atoms with Gasteiger partial charge < -0.3 is 15.2 Å². The Labute approximate surface area is 144 Å². The molecule has 0 aliphatic carbocycles. The molecule has 0 bridgehead atoms. The number of amides is 2. The molecule has 1 atom stereocenters. The van der Waals surface area contributed by atoms with Gasteiger partial charge in [0.05, 0.1) is 6.42 Å². The molecule has 1 fully saturated rings. The van der Waals surface area contributed by atoms with Crippen LogP contribution in [0.4, 0.5) is 4.39 Å². The molecular formula is C17H20FN3O2S. The van der Waals surface area contributed by atoms with Gasteiger partial charge in [-0.1, -0.05) is 0 Å². The number of hydrogen-bond donors (Lipinski definition) is 2. The first-order chi connectivity index (χ1) is 11.5. The van der Waals surface area contributed by atoms with Gasteiger partial charge in [-0.25, -0.2) is 4.39 Å². The van der Waals surface area contributed by atoms with E-state index in [9.17, 15) is 14.0 Å². The predicted octanol–water partition coefficient (Wildman–Crippen LogP) is 1.93. The van der Waals surface area contributed by atoms with Crippen molar-refractivity contribution < 1.29 is 14.0 Å². The summed E-state index contributed by atoms with van der Waals surface area (Å²) in [4.78, 5) is 29.4. The Morgan fingerprint density at radius 1 is 1.38 bits per heavy atom. The van der Waals surface area contributed by atoms with Crippen molar-refractivity contribution in [2.75, 3.05) is 24.6 Å². The van der Waals surface area contributed by atoms with Crippen molar-refractivity contribution in [3.8, 4) is 0 Å². The Balaban J connectivity index is 1.62. The van der Waals surface area contributed by atoms with Crippen LogP contribution >= 0.6 is 11.8 Å². The molecule has 7 heteroatoms. The van der Waals surface area contributed by atoms with E-state index < -0.39 is 6.04 Å². The van der Waals surface area contributed by atoms with Crippen LogP contribution in [0.3, 0.4) is 0 Å². The van der Waals surface area contributed by atoms with Gasteiger partial charge in [0.1, 0.15) is 11.9 Å². The number of fused-ring (bicyclic) bond motifs is 1. The quantitative estimate of drug-likeness (QED) is 0.886. The first kappa shape index (κ1) is 16.8. The number of carbonyl (C=O) groups is 2. The van der Waals surface area contributed by atoms with E-state index in [0.29, 0.717) is 5.39 Å². The van der Waals surface area contributed by atoms with Gasteiger partial charge in [-0.3, -0.25) is 9.59 Å². The first-order valence-electron chi connectivity index (χ1n) is 7.96. The monoisotopic (exact) mass is 349 g/mol. The Bertz CT molecular complexity index is 755. The number of halogens is 1. The molecule has 1 aromatic heterocycles. The van der Waals surface area contributed by atoms with Crippen LogP contribution in [0.25, 0.3) is 10.9 Å². The summed E-state index contributed by atoms with van der Waals surface area (Å²) in [6.07, 6.45) is 1.81. The molecular weight excluding hydrogens is 329 g/mol. The van der Waals surface area contributed by atoms with E-state index in [1.807, 2.05) is 11.8 Å². The lowest BCUT2D eigenvalue weighted by Gasteiger charge is -2.29. The lowest BCUT2D eigenvalue weighted by molar-refractivity contribution is -0.135. The van der Waals surface area contributed by atoms with Crippen molar-refractivity contribution in [1.29, 1.82) is 0 Å². The smallest absolute Gasteiger partial charge is 0.244 e. The lowest BCUT2D eigenvalue weighted by Crippen LogP contribution is -2.49. The first-order valence-corrected chi connectivity index (χ1v) is 9.11. The standard InChI is InChI=1S/C17H20FN3O2S/c1-11(17(23)21-4-6-24-7-5-21)20-16(22)8-12-10-19-15-3-2-13(18)9-14(12)15/h2-3,9-11,19H,4-8H2,1H3,(H,20,22)/t11-/m1/s1. The summed E-state index contributed by atoms with van der Waals surface area (Å²) in [5, 5.41) is 3.44. The van der Waals surface area contributed by atoms with Crippen molar-refractivity contribution in [2.24, 2.45) is 0 Å². The second-order valence-corrected chi connectivity index (χ2v) is 7.13. The number of H-pyrrole nitrogens is 1. The predicted molar refractivity (Wildman–Crippen MR) is 93.5 cm³/mol. The van der Waals surface area contributed by atoms with E-state index in [4.69, 9.17) is 0 Å². The summed E-state index contributed by atoms with van der Waals surface area (Å²) in [5.41, 5.74) is 1.50. The van der Waals surface area contributed by atoms with Gasteiger partial charge in [-0.15, -0.1) is 0 Å². The van der Waals surface area contributed by atoms with Crippen molar-refractivity contribution in [2.45, 2.75) is 19.4 Å². The fraction of sp³-hybridized carbons (Fsp3) is 0.412. The third-order valence-corrected chi connectivity index (χ3v) is 5.09. The fourth-order valence-corrected chi connectivity index (χ4v) is 3.78. The third-order valence-electron chi connectivity index (χ3n) is 4.15. The zero-order valence-corrected chi connectivity index (χ0v) is 14.3. The van der Waals surface area contributed by atoms with E-state index in [0.717, 1.165) is 35.7 Å². The molecule has 0 spiro atoms. The topological polar surface area (TPSA) is 65.2 Å². The van der Waals surface area contributed by atoms with E-state index in [2.05, 4.69) is 10.3 Å². The molecule has 2 N–H and O–H groups in total. The van der Waals surface area contributed by atoms with Crippen LogP contribution in [0.15, 0.2) is 24.4 Å². The minimum Gasteiger partial charge on any atom is -0.361 e. The highest BCUT2D eigenvalue weighted by molar-refractivity contribution is 7.99. The zero-order valence-electron chi connectivity index (χ0n) is 13.5. The van der Waals surface area contributed by atoms with Gasteiger partial charge in [-0.2, -0.15) is 11.8 Å². The number of nitrogens with zero attached hydrogens (tertiary/aromatic N) is 1. The van der Waals surface area contributed by atoms with Crippen molar-refractivity contribution >= 4 is 34.5 Å². The molecule has 0 unspecified atom stereocenters. The van der Waals surface area contributed by atoms with Crippen LogP contribution in [0, 0.1) is 5.82 Å². The van der Waals surface area contributed by atoms with Gasteiger partial charge >= 0.3 is 0 Å². The molecule has 2 amide bonds. The van der Waals surface area contributed by atoms with Crippen molar-refractivity contribution in [3.05, 3.63) is 35.8 Å². The van der Waals surface area contributed by atoms with E-state index in [-0.39, 0.29) is 24.1 Å². The van der Waals surface area contributed by atoms with Crippen LogP contribution in [-0.4, -0.2) is 52.3 Å². The minimum atomic E-state index is -0.553. The largest absolute Gasteiger partial charge is 0.361 e. The average Bonchev–Trinajstić information content (AvgIpc) is 2.97. The van der Waals surface area contributed by atoms with Gasteiger partial charge in [0, 0.05) is 41.7 Å². The molecule has 2 heterocycles. The van der Waals surface area contributed by atoms with E-state index in [1.54, 1.807) is 24.1 Å². The molecule has 2 aromatic rings. The van der Waals surface area contributed by atoms with Gasteiger partial charge in [-0.05, 0) is 30.7 Å². The molecule has 128 valence electrons. The molecule has 0 saturated carbocycles. The summed E-state index contributed by atoms with van der Waals surface area (Å²) in [6.45, 7) is 3.16. The number of benzene rings is 1. The molecule has 1 aliphatic rings. The Hall–Kier alpha value is -2.02. The maximum atomic E-state index is 13.4. The highest BCUT2D eigenvalue weighted by Gasteiger charge is 2.23. The van der Waals surface area contributed by atoms with Crippen LogP contribution in [0.1, 0.15) is 12.5 Å². The van der Waals surface area contributed by atoms with Crippen LogP contribution in [0.2, 0.25) is 0 Å². The van der Waals surface area contributed by atoms with Crippen LogP contribution in [0.5, 0.6) is 0 Å². The molecule has 1 aliphatic heterocycles. The van der Waals surface area contributed by atoms with Crippen LogP contribution < -0.4 is 5.32 Å². The third kappa shape index (κ3) is 3.72. The number of rotatable bonds is 4. The highest BCUT2D eigenvalue weighted by Crippen LogP contribution is 2.20. The van der Waals surface area contributed by atoms with Crippen molar-refractivity contribution in [3.63, 3.8) is 0 Å². The lowest BCUT2D eigenvalue weighted by atomic mass is 10.1. The molecule has 3 rings (SSSR count). The SMILES string of the molecule is C[C@@H](NC(=O)Cc1c[nH]c2ccc(F)cc12)C(=O)N1CCSCC1. The molecule has 0 radical (unpaired) electrons. The van der Waals surface area contributed by atoms with Gasteiger partial charge in [0.2, 0.25) is 11.8 Å². The number of carbonyl (C=O) groups excluding carboxylic acids is 2. The fourth-order valence-electron chi connectivity index (χ4n) is 2.88. The Kier molecular flexibility index (Phi) is 5.08. The van der Waals surface area contributed by atoms with Gasteiger partial charge in [0.15, 0.2) is 0 Å². The van der Waals surface area contributed by atoms with Crippen molar-refractivity contribution in [1.82, 2.24) is 15.2 Å². The second kappa shape index (κ2) is 7.25. The Morgan fingerprint density at radius 2 is 2.12 bits per heavy atom. The highest BCUT2D eigenvalue weighted by atomic mass is 32.2. The molecule has 24 heavy (non-hydrogen) atoms. The number of aromatic nitrogens is 1. The second-order valence-electron chi connectivity index (χ2n) is 5.91. The summed E-state index contributed by atoms with van der Waals surface area (Å²) in [6, 6.07) is 3.88. The number of nitrogens with one attached hydrogen (secondary N) is 2. The summed E-state index contributed by atoms with van der Waals surface area (Å²) >= 11 is 1.83. The number of hydrogen-bond acceptors (Lipinski definition) is 3. The zero-order chi connectivity index (χ0) is 17.1. The average molecular weight is 349 g/mol. The van der Waals surface area contributed by atoms with E-state index >= 15 is 0 Å². The molecule has 1 saturated heterocycles. The number of thioether (sulfide) groups is 1. The minimum absolute atomic E-state index is 0.0476. The summed E-state index contributed by atoms with van der Waals surface area (Å²) in [7, 11) is 0. The summed E-state index contributed by atoms with van der Waals surface area (Å²) < 4.78 is 13.4. The maximum absolute atomic E-state index is 13.4. The van der Waals surface area contributed by atoms with Crippen LogP contribution in [-0.2, 0) is 16.0 Å². The normalized spacial score (nSPS) is 16.2.